The summed E-state index contributed by atoms with van der Waals surface area (Å²) in [5, 5.41) is 0. The van der Waals surface area contributed by atoms with Gasteiger partial charge in [0.15, 0.2) is 0 Å². The molecular weight excluding hydrogens is 330 g/mol. The Hall–Kier alpha value is -2.72. The first kappa shape index (κ1) is 15.8. The van der Waals surface area contributed by atoms with Gasteiger partial charge < -0.3 is 4.90 Å². The van der Waals surface area contributed by atoms with Crippen LogP contribution in [-0.4, -0.2) is 22.4 Å². The van der Waals surface area contributed by atoms with Crippen LogP contribution in [0.2, 0.25) is 0 Å². The molecule has 0 radical (unpaired) electrons. The van der Waals surface area contributed by atoms with Crippen LogP contribution in [0.4, 0.5) is 5.69 Å². The summed E-state index contributed by atoms with van der Waals surface area (Å²) in [7, 11) is -1.03. The lowest BCUT2D eigenvalue weighted by molar-refractivity contribution is 0.0987. The van der Waals surface area contributed by atoms with Gasteiger partial charge in [0.2, 0.25) is 0 Å². The van der Waals surface area contributed by atoms with Crippen LogP contribution in [0.5, 0.6) is 0 Å². The van der Waals surface area contributed by atoms with E-state index in [1.165, 1.54) is 0 Å². The molecule has 1 aliphatic heterocycles. The molecule has 0 aromatic heterocycles. The molecule has 1 amide bonds. The van der Waals surface area contributed by atoms with Crippen LogP contribution in [0.15, 0.2) is 83.8 Å². The fraction of sp³-hybridized carbons (Fsp3) is 0.0952. The minimum absolute atomic E-state index is 0.0521. The third-order valence-electron chi connectivity index (χ3n) is 4.39. The zero-order valence-electron chi connectivity index (χ0n) is 13.6. The van der Waals surface area contributed by atoms with Gasteiger partial charge in [-0.1, -0.05) is 54.6 Å². The molecule has 0 N–H and O–H groups in total. The van der Waals surface area contributed by atoms with Gasteiger partial charge in [0.05, 0.1) is 21.4 Å². The highest BCUT2D eigenvalue weighted by Gasteiger charge is 2.26. The molecule has 3 nitrogen and oxygen atoms in total. The van der Waals surface area contributed by atoms with Crippen molar-refractivity contribution in [1.29, 1.82) is 0 Å². The monoisotopic (exact) mass is 347 g/mol. The van der Waals surface area contributed by atoms with E-state index in [4.69, 9.17) is 0 Å². The summed E-state index contributed by atoms with van der Waals surface area (Å²) in [5.41, 5.74) is 3.60. The van der Waals surface area contributed by atoms with Crippen LogP contribution in [0.3, 0.4) is 0 Å². The highest BCUT2D eigenvalue weighted by Crippen LogP contribution is 2.29. The van der Waals surface area contributed by atoms with Crippen molar-refractivity contribution in [2.45, 2.75) is 4.90 Å². The highest BCUT2D eigenvalue weighted by atomic mass is 32.2. The molecule has 1 unspecified atom stereocenters. The zero-order valence-corrected chi connectivity index (χ0v) is 14.4. The van der Waals surface area contributed by atoms with Crippen molar-refractivity contribution in [3.63, 3.8) is 0 Å². The number of hydrogen-bond acceptors (Lipinski definition) is 2. The lowest BCUT2D eigenvalue weighted by Gasteiger charge is -2.29. The number of anilines is 1. The maximum absolute atomic E-state index is 12.9. The third kappa shape index (κ3) is 3.01. The van der Waals surface area contributed by atoms with Crippen LogP contribution in [-0.2, 0) is 10.8 Å². The van der Waals surface area contributed by atoms with Crippen LogP contribution >= 0.6 is 0 Å². The average molecular weight is 347 g/mol. The molecule has 4 rings (SSSR count). The van der Waals surface area contributed by atoms with Crippen molar-refractivity contribution in [2.75, 3.05) is 17.2 Å². The van der Waals surface area contributed by atoms with E-state index in [2.05, 4.69) is 0 Å². The number of carbonyl (C=O) groups is 1. The van der Waals surface area contributed by atoms with Crippen molar-refractivity contribution in [1.82, 2.24) is 0 Å². The first-order valence-corrected chi connectivity index (χ1v) is 9.51. The Morgan fingerprint density at radius 3 is 2.20 bits per heavy atom. The predicted molar refractivity (Wildman–Crippen MR) is 101 cm³/mol. The number of amides is 1. The smallest absolute Gasteiger partial charge is 0.258 e. The van der Waals surface area contributed by atoms with E-state index in [9.17, 15) is 9.00 Å². The van der Waals surface area contributed by atoms with Gasteiger partial charge in [0.1, 0.15) is 0 Å². The summed E-state index contributed by atoms with van der Waals surface area (Å²) in [6, 6.07) is 25.2. The molecule has 0 fully saturated rings. The second-order valence-electron chi connectivity index (χ2n) is 5.92. The van der Waals surface area contributed by atoms with E-state index >= 15 is 0 Å². The second-order valence-corrected chi connectivity index (χ2v) is 7.46. The van der Waals surface area contributed by atoms with Gasteiger partial charge in [0.25, 0.3) is 5.91 Å². The van der Waals surface area contributed by atoms with Crippen molar-refractivity contribution in [2.24, 2.45) is 0 Å². The van der Waals surface area contributed by atoms with Gasteiger partial charge in [-0.25, -0.2) is 0 Å². The molecule has 0 spiro atoms. The van der Waals surface area contributed by atoms with E-state index < -0.39 is 10.8 Å². The second kappa shape index (κ2) is 6.65. The number of fused-ring (bicyclic) bond motifs is 1. The van der Waals surface area contributed by atoms with E-state index in [-0.39, 0.29) is 5.91 Å². The van der Waals surface area contributed by atoms with Gasteiger partial charge in [-0.05, 0) is 35.4 Å². The summed E-state index contributed by atoms with van der Waals surface area (Å²) in [5.74, 6) is 0.425. The molecule has 0 saturated carbocycles. The molecule has 0 bridgehead atoms. The molecule has 4 heteroatoms. The molecule has 1 atom stereocenters. The van der Waals surface area contributed by atoms with Gasteiger partial charge in [-0.3, -0.25) is 9.00 Å². The highest BCUT2D eigenvalue weighted by molar-refractivity contribution is 7.85. The Morgan fingerprint density at radius 2 is 1.44 bits per heavy atom. The first-order valence-electron chi connectivity index (χ1n) is 8.19. The Kier molecular flexibility index (Phi) is 4.20. The standard InChI is InChI=1S/C21H17NO2S/c23-21(22-14-15-25(24)20-9-5-4-8-19(20)22)18-12-10-17(11-13-18)16-6-2-1-3-7-16/h1-13H,14-15H2. The van der Waals surface area contributed by atoms with E-state index in [1.807, 2.05) is 78.9 Å². The van der Waals surface area contributed by atoms with Gasteiger partial charge in [-0.2, -0.15) is 0 Å². The molecule has 0 saturated heterocycles. The maximum Gasteiger partial charge on any atom is 0.258 e. The van der Waals surface area contributed by atoms with E-state index in [0.29, 0.717) is 17.9 Å². The number of para-hydroxylation sites is 1. The lowest BCUT2D eigenvalue weighted by atomic mass is 10.0. The van der Waals surface area contributed by atoms with Crippen molar-refractivity contribution in [3.05, 3.63) is 84.4 Å². The van der Waals surface area contributed by atoms with Crippen LogP contribution in [0.1, 0.15) is 10.4 Å². The summed E-state index contributed by atoms with van der Waals surface area (Å²) in [6.45, 7) is 0.475. The Bertz CT molecular complexity index is 936. The fourth-order valence-corrected chi connectivity index (χ4v) is 4.29. The molecule has 3 aromatic rings. The quantitative estimate of drug-likeness (QED) is 0.699. The molecule has 1 aliphatic rings. The molecular formula is C21H17NO2S. The summed E-state index contributed by atoms with van der Waals surface area (Å²) >= 11 is 0. The normalized spacial score (nSPS) is 16.3. The van der Waals surface area contributed by atoms with Crippen LogP contribution < -0.4 is 4.90 Å². The van der Waals surface area contributed by atoms with Gasteiger partial charge in [0, 0.05) is 17.9 Å². The molecule has 25 heavy (non-hydrogen) atoms. The molecule has 124 valence electrons. The van der Waals surface area contributed by atoms with Crippen LogP contribution in [0.25, 0.3) is 11.1 Å². The maximum atomic E-state index is 12.9. The fourth-order valence-electron chi connectivity index (χ4n) is 3.08. The molecule has 3 aromatic carbocycles. The first-order chi connectivity index (χ1) is 12.2. The number of nitrogens with zero attached hydrogens (tertiary/aromatic N) is 1. The number of hydrogen-bond donors (Lipinski definition) is 0. The SMILES string of the molecule is O=C(c1ccc(-c2ccccc2)cc1)N1CCS(=O)c2ccccc21. The largest absolute Gasteiger partial charge is 0.306 e. The number of rotatable bonds is 2. The molecule has 1 heterocycles. The number of carbonyl (C=O) groups excluding carboxylic acids is 1. The minimum atomic E-state index is -1.03. The van der Waals surface area contributed by atoms with E-state index in [1.54, 1.807) is 4.90 Å². The average Bonchev–Trinajstić information content (AvgIpc) is 2.69. The topological polar surface area (TPSA) is 37.4 Å². The summed E-state index contributed by atoms with van der Waals surface area (Å²) in [6.07, 6.45) is 0. The predicted octanol–water partition coefficient (Wildman–Crippen LogP) is 4.12. The Labute approximate surface area is 149 Å². The van der Waals surface area contributed by atoms with Gasteiger partial charge >= 0.3 is 0 Å². The van der Waals surface area contributed by atoms with Crippen molar-refractivity contribution in [3.8, 4) is 11.1 Å². The summed E-state index contributed by atoms with van der Waals surface area (Å²) < 4.78 is 12.2. The zero-order chi connectivity index (χ0) is 17.2. The Balaban J connectivity index is 1.64. The van der Waals surface area contributed by atoms with Crippen molar-refractivity contribution >= 4 is 22.4 Å². The summed E-state index contributed by atoms with van der Waals surface area (Å²) in [4.78, 5) is 15.4. The van der Waals surface area contributed by atoms with Crippen molar-refractivity contribution < 1.29 is 9.00 Å². The molecule has 0 aliphatic carbocycles. The minimum Gasteiger partial charge on any atom is -0.306 e. The van der Waals surface area contributed by atoms with Crippen LogP contribution in [0, 0.1) is 0 Å². The van der Waals surface area contributed by atoms with Gasteiger partial charge in [-0.15, -0.1) is 0 Å². The van der Waals surface area contributed by atoms with E-state index in [0.717, 1.165) is 21.7 Å². The third-order valence-corrected chi connectivity index (χ3v) is 5.77. The number of benzene rings is 3. The Morgan fingerprint density at radius 1 is 0.800 bits per heavy atom. The lowest BCUT2D eigenvalue weighted by Crippen LogP contribution is -2.38.